The maximum atomic E-state index is 11.8. The number of H-pyrrole nitrogens is 1. The molecule has 5 unspecified atom stereocenters. The fourth-order valence-electron chi connectivity index (χ4n) is 2.39. The number of nitrogens with two attached hydrogens (primary N) is 2. The van der Waals surface area contributed by atoms with Crippen LogP contribution in [-0.2, 0) is 4.74 Å². The molecule has 1 aliphatic heterocycles. The first-order chi connectivity index (χ1) is 10.3. The van der Waals surface area contributed by atoms with Gasteiger partial charge in [0.15, 0.2) is 17.4 Å². The number of hydrogen-bond donors (Lipinski definition) is 6. The molecule has 8 N–H and O–H groups in total. The molecule has 3 heterocycles. The minimum absolute atomic E-state index is 0.0126. The zero-order valence-corrected chi connectivity index (χ0v) is 13.1. The van der Waals surface area contributed by atoms with E-state index in [0.29, 0.717) is 0 Å². The summed E-state index contributed by atoms with van der Waals surface area (Å²) in [7, 11) is 0. The van der Waals surface area contributed by atoms with Crippen molar-refractivity contribution in [2.45, 2.75) is 28.7 Å². The Balaban J connectivity index is 2.15. The zero-order valence-electron chi connectivity index (χ0n) is 10.9. The number of aliphatic hydroxyl groups excluding tert-OH is 3. The van der Waals surface area contributed by atoms with Gasteiger partial charge >= 0.3 is 0 Å². The SMILES string of the molecule is Nc1nc2c(nc(N)n2C2OC(C(O)I)C(O)C2O)c(=O)[nH]1. The van der Waals surface area contributed by atoms with Gasteiger partial charge in [-0.3, -0.25) is 14.3 Å². The van der Waals surface area contributed by atoms with Gasteiger partial charge in [-0.05, 0) is 22.6 Å². The Bertz CT molecular complexity index is 775. The largest absolute Gasteiger partial charge is 0.387 e. The molecule has 0 radical (unpaired) electrons. The highest BCUT2D eigenvalue weighted by Gasteiger charge is 2.47. The molecule has 2 aromatic heterocycles. The molecule has 22 heavy (non-hydrogen) atoms. The van der Waals surface area contributed by atoms with Crippen molar-refractivity contribution in [3.63, 3.8) is 0 Å². The predicted octanol–water partition coefficient (Wildman–Crippen LogP) is -2.34. The van der Waals surface area contributed by atoms with Gasteiger partial charge in [0.25, 0.3) is 5.56 Å². The lowest BCUT2D eigenvalue weighted by Gasteiger charge is -2.18. The number of ether oxygens (including phenoxy) is 1. The van der Waals surface area contributed by atoms with Crippen LogP contribution in [-0.4, -0.2) is 57.3 Å². The first-order valence-corrected chi connectivity index (χ1v) is 7.42. The van der Waals surface area contributed by atoms with Gasteiger partial charge in [-0.2, -0.15) is 4.98 Å². The number of nitrogens with one attached hydrogen (secondary N) is 1. The average molecular weight is 424 g/mol. The lowest BCUT2D eigenvalue weighted by atomic mass is 10.1. The van der Waals surface area contributed by atoms with Crippen LogP contribution in [0, 0.1) is 0 Å². The highest BCUT2D eigenvalue weighted by molar-refractivity contribution is 14.1. The topological polar surface area (TPSA) is 186 Å². The van der Waals surface area contributed by atoms with Crippen molar-refractivity contribution in [1.29, 1.82) is 0 Å². The molecule has 0 aromatic carbocycles. The van der Waals surface area contributed by atoms with Gasteiger partial charge in [-0.15, -0.1) is 0 Å². The molecule has 11 nitrogen and oxygen atoms in total. The molecule has 120 valence electrons. The van der Waals surface area contributed by atoms with Crippen molar-refractivity contribution < 1.29 is 20.1 Å². The number of aromatic amines is 1. The van der Waals surface area contributed by atoms with Crippen LogP contribution in [0.15, 0.2) is 4.79 Å². The third-order valence-corrected chi connectivity index (χ3v) is 4.11. The fraction of sp³-hybridized carbons (Fsp3) is 0.500. The molecule has 0 aliphatic carbocycles. The number of imidazole rings is 1. The van der Waals surface area contributed by atoms with Gasteiger partial charge in [0.1, 0.15) is 22.4 Å². The predicted molar refractivity (Wildman–Crippen MR) is 82.9 cm³/mol. The van der Waals surface area contributed by atoms with E-state index in [9.17, 15) is 20.1 Å². The van der Waals surface area contributed by atoms with Crippen molar-refractivity contribution in [3.05, 3.63) is 10.4 Å². The molecule has 0 bridgehead atoms. The number of nitrogen functional groups attached to an aromatic ring is 2. The summed E-state index contributed by atoms with van der Waals surface area (Å²) in [4.78, 5) is 21.9. The van der Waals surface area contributed by atoms with Crippen LogP contribution < -0.4 is 17.0 Å². The summed E-state index contributed by atoms with van der Waals surface area (Å²) < 4.78 is 5.56. The second-order valence-electron chi connectivity index (χ2n) is 4.81. The Morgan fingerprint density at radius 2 is 2.00 bits per heavy atom. The molecule has 1 saturated heterocycles. The number of aromatic nitrogens is 4. The quantitative estimate of drug-likeness (QED) is 0.227. The van der Waals surface area contributed by atoms with Crippen molar-refractivity contribution >= 4 is 45.7 Å². The van der Waals surface area contributed by atoms with E-state index < -0.39 is 34.2 Å². The summed E-state index contributed by atoms with van der Waals surface area (Å²) in [6.07, 6.45) is -4.93. The summed E-state index contributed by atoms with van der Waals surface area (Å²) in [5, 5.41) is 29.6. The van der Waals surface area contributed by atoms with Crippen LogP contribution >= 0.6 is 22.6 Å². The van der Waals surface area contributed by atoms with Gasteiger partial charge in [0.2, 0.25) is 11.9 Å². The van der Waals surface area contributed by atoms with Crippen molar-refractivity contribution in [2.24, 2.45) is 0 Å². The third kappa shape index (κ3) is 2.23. The molecular weight excluding hydrogens is 411 g/mol. The number of fused-ring (bicyclic) bond motifs is 1. The maximum absolute atomic E-state index is 11.8. The number of alkyl halides is 1. The van der Waals surface area contributed by atoms with Gasteiger partial charge in [0, 0.05) is 0 Å². The smallest absolute Gasteiger partial charge is 0.280 e. The van der Waals surface area contributed by atoms with Gasteiger partial charge in [0.05, 0.1) is 0 Å². The van der Waals surface area contributed by atoms with Gasteiger partial charge < -0.3 is 31.5 Å². The summed E-state index contributed by atoms with van der Waals surface area (Å²) in [6, 6.07) is 0. The van der Waals surface area contributed by atoms with Crippen LogP contribution in [0.4, 0.5) is 11.9 Å². The molecule has 2 aromatic rings. The number of nitrogens with zero attached hydrogens (tertiary/aromatic N) is 3. The fourth-order valence-corrected chi connectivity index (χ4v) is 2.99. The van der Waals surface area contributed by atoms with E-state index >= 15 is 0 Å². The molecule has 0 saturated carbocycles. The highest BCUT2D eigenvalue weighted by Crippen LogP contribution is 2.35. The average Bonchev–Trinajstić information content (AvgIpc) is 2.89. The third-order valence-electron chi connectivity index (χ3n) is 3.40. The summed E-state index contributed by atoms with van der Waals surface area (Å²) in [5.41, 5.74) is 10.6. The number of aliphatic hydroxyl groups is 3. The van der Waals surface area contributed by atoms with E-state index in [1.807, 2.05) is 0 Å². The van der Waals surface area contributed by atoms with Crippen LogP contribution in [0.25, 0.3) is 11.2 Å². The highest BCUT2D eigenvalue weighted by atomic mass is 127. The second kappa shape index (κ2) is 5.31. The molecule has 1 fully saturated rings. The number of rotatable bonds is 2. The van der Waals surface area contributed by atoms with Crippen molar-refractivity contribution in [3.8, 4) is 0 Å². The van der Waals surface area contributed by atoms with E-state index in [1.165, 1.54) is 0 Å². The Kier molecular flexibility index (Phi) is 3.72. The maximum Gasteiger partial charge on any atom is 0.280 e. The summed E-state index contributed by atoms with van der Waals surface area (Å²) in [5.74, 6) is -0.296. The van der Waals surface area contributed by atoms with Gasteiger partial charge in [-0.25, -0.2) is 4.98 Å². The summed E-state index contributed by atoms with van der Waals surface area (Å²) >= 11 is 1.65. The molecule has 0 amide bonds. The Hall–Kier alpha value is -1.48. The van der Waals surface area contributed by atoms with Crippen LogP contribution in [0.5, 0.6) is 0 Å². The van der Waals surface area contributed by atoms with Crippen LogP contribution in [0.1, 0.15) is 6.23 Å². The number of hydrogen-bond acceptors (Lipinski definition) is 9. The van der Waals surface area contributed by atoms with E-state index in [2.05, 4.69) is 15.0 Å². The van der Waals surface area contributed by atoms with E-state index in [1.54, 1.807) is 22.6 Å². The minimum atomic E-state index is -1.39. The molecule has 1 aliphatic rings. The summed E-state index contributed by atoms with van der Waals surface area (Å²) in [6.45, 7) is 0. The molecule has 5 atom stereocenters. The zero-order chi connectivity index (χ0) is 16.2. The van der Waals surface area contributed by atoms with Gasteiger partial charge in [-0.1, -0.05) is 0 Å². The second-order valence-corrected chi connectivity index (χ2v) is 6.08. The molecule has 3 rings (SSSR count). The minimum Gasteiger partial charge on any atom is -0.387 e. The van der Waals surface area contributed by atoms with E-state index in [0.717, 1.165) is 4.57 Å². The Labute approximate surface area is 136 Å². The molecule has 0 spiro atoms. The number of halogens is 1. The lowest BCUT2D eigenvalue weighted by Crippen LogP contribution is -2.36. The molecular formula is C10H13IN6O5. The van der Waals surface area contributed by atoms with E-state index in [4.69, 9.17) is 16.2 Å². The number of anilines is 2. The van der Waals surface area contributed by atoms with Crippen molar-refractivity contribution in [2.75, 3.05) is 11.5 Å². The van der Waals surface area contributed by atoms with Crippen LogP contribution in [0.2, 0.25) is 0 Å². The first-order valence-electron chi connectivity index (χ1n) is 6.18. The Morgan fingerprint density at radius 1 is 1.32 bits per heavy atom. The Morgan fingerprint density at radius 3 is 2.59 bits per heavy atom. The first kappa shape index (κ1) is 15.4. The monoisotopic (exact) mass is 424 g/mol. The normalized spacial score (nSPS) is 30.0. The van der Waals surface area contributed by atoms with E-state index in [-0.39, 0.29) is 23.1 Å². The standard InChI is InChI=1S/C10H13IN6O5/c11-5(20)4-2(18)3(19)8(22-4)17-6-1(14-10(17)13)7(21)16-9(12)15-6/h2-5,8,18-20H,(H2,13,14)(H3,12,15,16,21). The molecule has 12 heteroatoms. The lowest BCUT2D eigenvalue weighted by molar-refractivity contribution is -0.0547. The van der Waals surface area contributed by atoms with Crippen LogP contribution in [0.3, 0.4) is 0 Å². The van der Waals surface area contributed by atoms with Crippen molar-refractivity contribution in [1.82, 2.24) is 19.5 Å².